The zero-order valence-electron chi connectivity index (χ0n) is 12.3. The highest BCUT2D eigenvalue weighted by Crippen LogP contribution is 2.18. The van der Waals surface area contributed by atoms with Crippen molar-refractivity contribution in [1.29, 1.82) is 0 Å². The zero-order chi connectivity index (χ0) is 16.2. The average Bonchev–Trinajstić information content (AvgIpc) is 2.84. The molecule has 1 heterocycles. The lowest BCUT2D eigenvalue weighted by molar-refractivity contribution is 0.102. The lowest BCUT2D eigenvalue weighted by Crippen LogP contribution is -2.33. The molecule has 0 aromatic heterocycles. The van der Waals surface area contributed by atoms with Crippen LogP contribution in [0.25, 0.3) is 0 Å². The highest BCUT2D eigenvalue weighted by molar-refractivity contribution is 7.85. The van der Waals surface area contributed by atoms with Crippen LogP contribution in [0.2, 0.25) is 0 Å². The van der Waals surface area contributed by atoms with Crippen molar-refractivity contribution in [3.63, 3.8) is 0 Å². The maximum absolute atomic E-state index is 12.0. The number of nitrogens with zero attached hydrogens (tertiary/aromatic N) is 1. The molecule has 0 unspecified atom stereocenters. The molecule has 0 radical (unpaired) electrons. The molecule has 1 amide bonds. The lowest BCUT2D eigenvalue weighted by Gasteiger charge is -2.16. The van der Waals surface area contributed by atoms with Gasteiger partial charge in [-0.2, -0.15) is 8.42 Å². The van der Waals surface area contributed by atoms with E-state index < -0.39 is 16.2 Å². The van der Waals surface area contributed by atoms with E-state index in [9.17, 15) is 13.2 Å². The number of carbonyl (C=O) groups is 1. The minimum Gasteiger partial charge on any atom is -0.445 e. The van der Waals surface area contributed by atoms with Gasteiger partial charge in [-0.1, -0.05) is 30.3 Å². The van der Waals surface area contributed by atoms with Gasteiger partial charge in [0.2, 0.25) is 0 Å². The third-order valence-electron chi connectivity index (χ3n) is 3.45. The van der Waals surface area contributed by atoms with E-state index in [1.165, 1.54) is 4.90 Å². The van der Waals surface area contributed by atoms with E-state index in [0.717, 1.165) is 11.8 Å². The summed E-state index contributed by atoms with van der Waals surface area (Å²) < 4.78 is 32.0. The third-order valence-corrected chi connectivity index (χ3v) is 4.02. The fourth-order valence-electron chi connectivity index (χ4n) is 2.24. The first-order chi connectivity index (χ1) is 10.3. The van der Waals surface area contributed by atoms with E-state index >= 15 is 0 Å². The monoisotopic (exact) mass is 328 g/mol. The predicted molar refractivity (Wildman–Crippen MR) is 80.5 cm³/mol. The van der Waals surface area contributed by atoms with Crippen LogP contribution < -0.4 is 5.73 Å². The second-order valence-electron chi connectivity index (χ2n) is 5.36. The number of likely N-dealkylation sites (tertiary alicyclic amines) is 1. The largest absolute Gasteiger partial charge is 0.445 e. The quantitative estimate of drug-likeness (QED) is 0.793. The molecule has 1 aromatic rings. The van der Waals surface area contributed by atoms with Crippen LogP contribution in [0.15, 0.2) is 30.3 Å². The van der Waals surface area contributed by atoms with Crippen LogP contribution in [0.4, 0.5) is 4.79 Å². The molecule has 0 aliphatic carbocycles. The number of hydrogen-bond acceptors (Lipinski definition) is 6. The molecule has 1 aromatic carbocycles. The molecule has 0 spiro atoms. The molecule has 22 heavy (non-hydrogen) atoms. The molecule has 1 aliphatic rings. The summed E-state index contributed by atoms with van der Waals surface area (Å²) >= 11 is 0. The fraction of sp³-hybridized carbons (Fsp3) is 0.500. The van der Waals surface area contributed by atoms with Gasteiger partial charge in [0.05, 0.1) is 12.9 Å². The van der Waals surface area contributed by atoms with E-state index in [1.54, 1.807) is 0 Å². The second-order valence-corrected chi connectivity index (χ2v) is 7.00. The van der Waals surface area contributed by atoms with Gasteiger partial charge in [-0.15, -0.1) is 0 Å². The summed E-state index contributed by atoms with van der Waals surface area (Å²) in [6.45, 7) is 0.814. The smallest absolute Gasteiger partial charge is 0.410 e. The number of hydrogen-bond donors (Lipinski definition) is 1. The predicted octanol–water partition coefficient (Wildman–Crippen LogP) is 0.559. The first kappa shape index (κ1) is 16.7. The Morgan fingerprint density at radius 2 is 2.00 bits per heavy atom. The molecule has 8 heteroatoms. The Balaban J connectivity index is 1.82. The fourth-order valence-corrected chi connectivity index (χ4v) is 2.67. The van der Waals surface area contributed by atoms with Crippen LogP contribution in [-0.4, -0.2) is 51.4 Å². The molecule has 1 aliphatic heterocycles. The zero-order valence-corrected chi connectivity index (χ0v) is 13.2. The maximum atomic E-state index is 12.0. The number of amides is 1. The van der Waals surface area contributed by atoms with Gasteiger partial charge in [0.1, 0.15) is 6.61 Å². The molecular weight excluding hydrogens is 308 g/mol. The van der Waals surface area contributed by atoms with Crippen molar-refractivity contribution < 1.29 is 22.1 Å². The summed E-state index contributed by atoms with van der Waals surface area (Å²) in [5.41, 5.74) is 6.82. The Bertz CT molecular complexity index is 605. The van der Waals surface area contributed by atoms with Crippen molar-refractivity contribution in [2.75, 3.05) is 26.0 Å². The highest BCUT2D eigenvalue weighted by Gasteiger charge is 2.34. The molecule has 0 saturated carbocycles. The Kier molecular flexibility index (Phi) is 5.38. The lowest BCUT2D eigenvalue weighted by atomic mass is 10.1. The Labute approximate surface area is 130 Å². The van der Waals surface area contributed by atoms with Crippen molar-refractivity contribution in [3.8, 4) is 0 Å². The molecule has 2 rings (SSSR count). The first-order valence-corrected chi connectivity index (χ1v) is 8.72. The summed E-state index contributed by atoms with van der Waals surface area (Å²) in [5, 5.41) is 0. The highest BCUT2D eigenvalue weighted by atomic mass is 32.2. The minimum absolute atomic E-state index is 0.0253. The second kappa shape index (κ2) is 7.08. The number of rotatable bonds is 5. The molecule has 0 bridgehead atoms. The van der Waals surface area contributed by atoms with Crippen molar-refractivity contribution in [1.82, 2.24) is 4.90 Å². The van der Waals surface area contributed by atoms with E-state index in [0.29, 0.717) is 13.1 Å². The van der Waals surface area contributed by atoms with Crippen molar-refractivity contribution >= 4 is 16.2 Å². The summed E-state index contributed by atoms with van der Waals surface area (Å²) in [6, 6.07) is 9.03. The van der Waals surface area contributed by atoms with Gasteiger partial charge in [-0.3, -0.25) is 4.18 Å². The van der Waals surface area contributed by atoms with Crippen molar-refractivity contribution in [2.45, 2.75) is 12.6 Å². The van der Waals surface area contributed by atoms with Gasteiger partial charge in [-0.25, -0.2) is 4.79 Å². The number of benzene rings is 1. The van der Waals surface area contributed by atoms with Gasteiger partial charge in [-0.05, 0) is 5.56 Å². The standard InChI is InChI=1S/C14H20N2O5S/c1-22(18,19)21-10-12-7-16(8-13(12)15)14(17)20-9-11-5-3-2-4-6-11/h2-6,12-13H,7-10,15H2,1H3/t12-,13-/m0/s1. The first-order valence-electron chi connectivity index (χ1n) is 6.91. The molecule has 1 fully saturated rings. The van der Waals surface area contributed by atoms with E-state index in [-0.39, 0.29) is 25.2 Å². The van der Waals surface area contributed by atoms with Gasteiger partial charge in [0.25, 0.3) is 10.1 Å². The van der Waals surface area contributed by atoms with Crippen molar-refractivity contribution in [2.24, 2.45) is 11.7 Å². The summed E-state index contributed by atoms with van der Waals surface area (Å²) in [7, 11) is -3.51. The van der Waals surface area contributed by atoms with Crippen LogP contribution in [0, 0.1) is 5.92 Å². The Hall–Kier alpha value is -1.64. The van der Waals surface area contributed by atoms with E-state index in [2.05, 4.69) is 0 Å². The number of ether oxygens (including phenoxy) is 1. The molecule has 122 valence electrons. The topological polar surface area (TPSA) is 98.9 Å². The van der Waals surface area contributed by atoms with Crippen LogP contribution >= 0.6 is 0 Å². The summed E-state index contributed by atoms with van der Waals surface area (Å²) in [5.74, 6) is -0.223. The molecule has 7 nitrogen and oxygen atoms in total. The SMILES string of the molecule is CS(=O)(=O)OC[C@@H]1CN(C(=O)OCc2ccccc2)C[C@@H]1N. The van der Waals surface area contributed by atoms with Gasteiger partial charge >= 0.3 is 6.09 Å². The van der Waals surface area contributed by atoms with Crippen LogP contribution in [0.1, 0.15) is 5.56 Å². The number of nitrogens with two attached hydrogens (primary N) is 1. The molecule has 2 N–H and O–H groups in total. The van der Waals surface area contributed by atoms with Gasteiger partial charge < -0.3 is 15.4 Å². The van der Waals surface area contributed by atoms with Crippen molar-refractivity contribution in [3.05, 3.63) is 35.9 Å². The average molecular weight is 328 g/mol. The van der Waals surface area contributed by atoms with Gasteiger partial charge in [0, 0.05) is 25.0 Å². The normalized spacial score (nSPS) is 21.8. The number of carbonyl (C=O) groups excluding carboxylic acids is 1. The molecule has 2 atom stereocenters. The van der Waals surface area contributed by atoms with Gasteiger partial charge in [0.15, 0.2) is 0 Å². The molecular formula is C14H20N2O5S. The summed E-state index contributed by atoms with van der Waals surface area (Å²) in [6.07, 6.45) is 0.528. The van der Waals surface area contributed by atoms with E-state index in [1.807, 2.05) is 30.3 Å². The summed E-state index contributed by atoms with van der Waals surface area (Å²) in [4.78, 5) is 13.5. The maximum Gasteiger partial charge on any atom is 0.410 e. The minimum atomic E-state index is -3.51. The Morgan fingerprint density at radius 3 is 2.64 bits per heavy atom. The van der Waals surface area contributed by atoms with E-state index in [4.69, 9.17) is 14.7 Å². The molecule has 1 saturated heterocycles. The van der Waals surface area contributed by atoms with Crippen LogP contribution in [-0.2, 0) is 25.6 Å². The van der Waals surface area contributed by atoms with Crippen LogP contribution in [0.3, 0.4) is 0 Å². The van der Waals surface area contributed by atoms with Crippen LogP contribution in [0.5, 0.6) is 0 Å². The third kappa shape index (κ3) is 4.97. The Morgan fingerprint density at radius 1 is 1.32 bits per heavy atom.